The molecule has 17 nitrogen and oxygen atoms in total. The molecule has 0 radical (unpaired) electrons. The Morgan fingerprint density at radius 1 is 0.323 bits per heavy atom. The molecule has 0 aromatic carbocycles. The molecule has 0 aliphatic carbocycles. The van der Waals surface area contributed by atoms with E-state index in [1.165, 1.54) is 38.5 Å². The Morgan fingerprint density at radius 2 is 0.573 bits per heavy atom. The van der Waals surface area contributed by atoms with E-state index < -0.39 is 72.3 Å². The summed E-state index contributed by atoms with van der Waals surface area (Å²) in [4.78, 5) is 67.8. The quantitative estimate of drug-likeness (QED) is 0.0169. The van der Waals surface area contributed by atoms with Crippen molar-refractivity contribution in [2.75, 3.05) is 52.9 Å². The second kappa shape index (κ2) is 73.1. The monoisotopic (exact) mass is 1400 g/mol. The molecule has 19 heteroatoms. The lowest BCUT2D eigenvalue weighted by molar-refractivity contribution is -0.150. The number of allylic oxidation sites excluding steroid dienone is 12. The van der Waals surface area contributed by atoms with E-state index in [0.29, 0.717) is 38.9 Å². The lowest BCUT2D eigenvalue weighted by Gasteiger charge is -2.21. The largest absolute Gasteiger partial charge is 0.472 e. The summed E-state index contributed by atoms with van der Waals surface area (Å²) in [5.41, 5.74) is 0. The summed E-state index contributed by atoms with van der Waals surface area (Å²) in [5, 5.41) is 10.6. The van der Waals surface area contributed by atoms with Gasteiger partial charge in [0.25, 0.3) is 0 Å². The Labute approximate surface area is 583 Å². The van der Waals surface area contributed by atoms with Crippen LogP contribution in [-0.2, 0) is 65.4 Å². The van der Waals surface area contributed by atoms with Gasteiger partial charge in [0.05, 0.1) is 26.4 Å². The number of aldehydes is 2. The highest BCUT2D eigenvalue weighted by molar-refractivity contribution is 7.47. The molecule has 2 unspecified atom stereocenters. The molecule has 96 heavy (non-hydrogen) atoms. The second-order valence-electron chi connectivity index (χ2n) is 25.5. The van der Waals surface area contributed by atoms with Crippen molar-refractivity contribution in [1.29, 1.82) is 0 Å². The normalized spacial score (nSPS) is 14.4. The van der Waals surface area contributed by atoms with Crippen LogP contribution in [0.5, 0.6) is 0 Å². The van der Waals surface area contributed by atoms with Crippen LogP contribution in [0.15, 0.2) is 72.9 Å². The van der Waals surface area contributed by atoms with Crippen molar-refractivity contribution in [2.24, 2.45) is 0 Å². The number of esters is 2. The number of aliphatic hydroxyl groups excluding tert-OH is 1. The maximum absolute atomic E-state index is 13.1. The molecule has 0 aromatic rings. The molecule has 0 rings (SSSR count). The van der Waals surface area contributed by atoms with Gasteiger partial charge in [0.2, 0.25) is 0 Å². The van der Waals surface area contributed by atoms with Crippen molar-refractivity contribution in [3.05, 3.63) is 72.9 Å². The van der Waals surface area contributed by atoms with Gasteiger partial charge in [0.1, 0.15) is 44.1 Å². The van der Waals surface area contributed by atoms with Crippen LogP contribution in [0, 0.1) is 0 Å². The number of aliphatic hydroxyl groups is 1. The summed E-state index contributed by atoms with van der Waals surface area (Å²) in [6.45, 7) is 2.11. The van der Waals surface area contributed by atoms with E-state index in [1.54, 1.807) is 0 Å². The minimum Gasteiger partial charge on any atom is -0.463 e. The summed E-state index contributed by atoms with van der Waals surface area (Å²) in [6, 6.07) is 0. The lowest BCUT2D eigenvalue weighted by atomic mass is 10.1. The third-order valence-corrected chi connectivity index (χ3v) is 18.1. The molecule has 0 spiro atoms. The van der Waals surface area contributed by atoms with Gasteiger partial charge in [-0.15, -0.1) is 0 Å². The van der Waals surface area contributed by atoms with Crippen LogP contribution in [0.25, 0.3) is 0 Å². The fourth-order valence-electron chi connectivity index (χ4n) is 10.3. The van der Waals surface area contributed by atoms with Crippen LogP contribution in [-0.4, -0.2) is 111 Å². The highest BCUT2D eigenvalue weighted by Crippen LogP contribution is 2.45. The fourth-order valence-corrected chi connectivity index (χ4v) is 11.8. The van der Waals surface area contributed by atoms with Crippen molar-refractivity contribution < 1.29 is 80.2 Å². The molecular formula is C77H138O17P2. The summed E-state index contributed by atoms with van der Waals surface area (Å²) >= 11 is 0. The van der Waals surface area contributed by atoms with Gasteiger partial charge in [-0.3, -0.25) is 27.7 Å². The Morgan fingerprint density at radius 3 is 0.875 bits per heavy atom. The van der Waals surface area contributed by atoms with Crippen LogP contribution in [0.4, 0.5) is 0 Å². The molecule has 0 saturated carbocycles. The number of carbonyl (C=O) groups excluding carboxylic acids is 4. The molecule has 0 fully saturated rings. The Bertz CT molecular complexity index is 1900. The minimum absolute atomic E-state index is 0.205. The summed E-state index contributed by atoms with van der Waals surface area (Å²) < 4.78 is 69.8. The predicted molar refractivity (Wildman–Crippen MR) is 391 cm³/mol. The van der Waals surface area contributed by atoms with Crippen LogP contribution < -0.4 is 0 Å². The standard InChI is InChI=1S/C77H138O17P2/c1-3-5-7-9-11-13-15-17-19-25-31-37-43-49-55-61-76(81)89-69-74(87-65-59-53-47-41-35-29-23-21-27-33-39-45-51-57-63-78)71-93-95(83,84)91-67-73(80)68-92-96(85,86)94-72-75(88-66-60-54-48-42-36-30-24-22-28-34-40-46-52-58-64-79)70-90-77(82)62-56-50-44-38-32-26-20-18-16-14-12-10-8-6-4-2/h11-14,17-24,63-64,73-75,80H,3-10,15-16,25-62,65-72H2,1-2H3,(H,83,84)(H,85,86)/b13-11-,14-12-,19-17-,20-18-,23-21-,24-22-/t74-,75-/m1/s1. The summed E-state index contributed by atoms with van der Waals surface area (Å²) in [6.07, 6.45) is 73.0. The smallest absolute Gasteiger partial charge is 0.463 e. The first kappa shape index (κ1) is 92.8. The van der Waals surface area contributed by atoms with Crippen LogP contribution in [0.2, 0.25) is 0 Å². The van der Waals surface area contributed by atoms with E-state index >= 15 is 0 Å². The first-order valence-corrected chi connectivity index (χ1v) is 41.1. The van der Waals surface area contributed by atoms with E-state index in [9.17, 15) is 43.2 Å². The van der Waals surface area contributed by atoms with Gasteiger partial charge in [-0.1, -0.05) is 215 Å². The maximum atomic E-state index is 13.1. The van der Waals surface area contributed by atoms with Gasteiger partial charge in [0, 0.05) is 38.9 Å². The number of phosphoric ester groups is 2. The van der Waals surface area contributed by atoms with Crippen molar-refractivity contribution >= 4 is 40.2 Å². The predicted octanol–water partition coefficient (Wildman–Crippen LogP) is 21.0. The average Bonchev–Trinajstić information content (AvgIpc) is 2.11. The maximum Gasteiger partial charge on any atom is 0.472 e. The minimum atomic E-state index is -4.83. The third kappa shape index (κ3) is 72.1. The highest BCUT2D eigenvalue weighted by atomic mass is 31.2. The third-order valence-electron chi connectivity index (χ3n) is 16.2. The van der Waals surface area contributed by atoms with Crippen molar-refractivity contribution in [3.8, 4) is 0 Å². The molecule has 3 N–H and O–H groups in total. The molecule has 0 aliphatic rings. The van der Waals surface area contributed by atoms with E-state index in [0.717, 1.165) is 244 Å². The van der Waals surface area contributed by atoms with Crippen LogP contribution in [0.1, 0.15) is 322 Å². The zero-order valence-electron chi connectivity index (χ0n) is 60.4. The van der Waals surface area contributed by atoms with Crippen molar-refractivity contribution in [3.63, 3.8) is 0 Å². The summed E-state index contributed by atoms with van der Waals surface area (Å²) in [7, 11) is -9.65. The number of phosphoric acid groups is 2. The van der Waals surface area contributed by atoms with Gasteiger partial charge in [0.15, 0.2) is 0 Å². The molecule has 4 atom stereocenters. The van der Waals surface area contributed by atoms with Crippen LogP contribution in [0.3, 0.4) is 0 Å². The molecule has 0 aromatic heterocycles. The van der Waals surface area contributed by atoms with Gasteiger partial charge < -0.3 is 43.4 Å². The van der Waals surface area contributed by atoms with Crippen molar-refractivity contribution in [1.82, 2.24) is 0 Å². The van der Waals surface area contributed by atoms with E-state index in [1.807, 2.05) is 0 Å². The zero-order chi connectivity index (χ0) is 70.0. The average molecular weight is 1400 g/mol. The van der Waals surface area contributed by atoms with E-state index in [4.69, 9.17) is 37.0 Å². The molecule has 0 amide bonds. The Balaban J connectivity index is 5.21. The molecule has 0 saturated heterocycles. The SMILES string of the molecule is CCCCC/C=C\C/C=C\CCCCCCCC(=O)OC[C@H](COP(=O)(O)OCC(O)COP(=O)(O)OC[C@@H](COC(=O)CCCCCCC/C=C\C/C=C\CCCCC)OCCCCCCC/C=C\CCCCCCC=O)OCCCCCCC/C=C\CCCCCCC=O. The van der Waals surface area contributed by atoms with Crippen LogP contribution >= 0.6 is 15.6 Å². The number of unbranched alkanes of at least 4 members (excludes halogenated alkanes) is 36. The van der Waals surface area contributed by atoms with Crippen molar-refractivity contribution in [2.45, 2.75) is 340 Å². The Kier molecular flexibility index (Phi) is 70.6. The zero-order valence-corrected chi connectivity index (χ0v) is 62.2. The molecule has 0 bridgehead atoms. The lowest BCUT2D eigenvalue weighted by Crippen LogP contribution is -2.28. The first-order chi connectivity index (χ1) is 46.9. The first-order valence-electron chi connectivity index (χ1n) is 38.1. The van der Waals surface area contributed by atoms with Gasteiger partial charge in [-0.2, -0.15) is 0 Å². The highest BCUT2D eigenvalue weighted by Gasteiger charge is 2.29. The topological polar surface area (TPSA) is 237 Å². The fraction of sp³-hybridized carbons (Fsp3) is 0.792. The molecular weight excluding hydrogens is 1260 g/mol. The number of hydrogen-bond donors (Lipinski definition) is 3. The second-order valence-corrected chi connectivity index (χ2v) is 28.4. The number of rotatable bonds is 76. The number of carbonyl (C=O) groups is 4. The Hall–Kier alpha value is -3.18. The van der Waals surface area contributed by atoms with E-state index in [-0.39, 0.29) is 26.1 Å². The number of ether oxygens (including phenoxy) is 4. The molecule has 0 heterocycles. The molecule has 0 aliphatic heterocycles. The number of hydrogen-bond acceptors (Lipinski definition) is 15. The van der Waals surface area contributed by atoms with Gasteiger partial charge in [-0.25, -0.2) is 9.13 Å². The summed E-state index contributed by atoms with van der Waals surface area (Å²) in [5.74, 6) is -0.800. The van der Waals surface area contributed by atoms with Gasteiger partial charge in [-0.05, 0) is 154 Å². The molecule has 558 valence electrons. The van der Waals surface area contributed by atoms with Gasteiger partial charge >= 0.3 is 27.6 Å². The van der Waals surface area contributed by atoms with E-state index in [2.05, 4.69) is 86.8 Å².